The van der Waals surface area contributed by atoms with Crippen molar-refractivity contribution in [1.29, 1.82) is 0 Å². The minimum absolute atomic E-state index is 0.274. The molecule has 1 fully saturated rings. The molecule has 3 N–H and O–H groups in total. The predicted octanol–water partition coefficient (Wildman–Crippen LogP) is 1.17. The Kier molecular flexibility index (Phi) is 5.51. The van der Waals surface area contributed by atoms with Gasteiger partial charge in [0, 0.05) is 6.54 Å². The molecule has 30 heavy (non-hydrogen) atoms. The van der Waals surface area contributed by atoms with E-state index >= 15 is 0 Å². The van der Waals surface area contributed by atoms with Crippen LogP contribution < -0.4 is 10.6 Å². The van der Waals surface area contributed by atoms with E-state index in [-0.39, 0.29) is 11.8 Å². The molecule has 0 aliphatic carbocycles. The normalized spacial score (nSPS) is 20.2. The number of fused-ring (bicyclic) bond motifs is 2. The predicted molar refractivity (Wildman–Crippen MR) is 108 cm³/mol. The molecule has 2 aromatic rings. The van der Waals surface area contributed by atoms with Crippen LogP contribution in [-0.4, -0.2) is 65.5 Å². The second-order valence-electron chi connectivity index (χ2n) is 7.05. The number of nitrogens with one attached hydrogen (secondary N) is 2. The Morgan fingerprint density at radius 3 is 2.80 bits per heavy atom. The molecule has 1 aromatic heterocycles. The molecule has 10 heteroatoms. The Labute approximate surface area is 175 Å². The molecule has 1 saturated heterocycles. The number of hydrogen-bond donors (Lipinski definition) is 3. The Balaban J connectivity index is 1.52. The lowest BCUT2D eigenvalue weighted by molar-refractivity contribution is -0.143. The van der Waals surface area contributed by atoms with Gasteiger partial charge in [0.1, 0.15) is 19.3 Å². The van der Waals surface area contributed by atoms with Crippen molar-refractivity contribution >= 4 is 40.7 Å². The number of rotatable bonds is 6. The van der Waals surface area contributed by atoms with Gasteiger partial charge in [-0.25, -0.2) is 4.79 Å². The van der Waals surface area contributed by atoms with Gasteiger partial charge in [0.15, 0.2) is 0 Å². The summed E-state index contributed by atoms with van der Waals surface area (Å²) in [6, 6.07) is 5.87. The first kappa shape index (κ1) is 20.0. The van der Waals surface area contributed by atoms with Gasteiger partial charge >= 0.3 is 5.97 Å². The van der Waals surface area contributed by atoms with Crippen molar-refractivity contribution in [2.45, 2.75) is 18.5 Å². The number of amides is 3. The minimum atomic E-state index is -1.18. The number of benzene rings is 1. The fourth-order valence-electron chi connectivity index (χ4n) is 3.77. The van der Waals surface area contributed by atoms with Crippen LogP contribution in [0.1, 0.15) is 16.8 Å². The third-order valence-electron chi connectivity index (χ3n) is 5.09. The van der Waals surface area contributed by atoms with Crippen LogP contribution in [0.15, 0.2) is 35.0 Å². The van der Waals surface area contributed by atoms with E-state index in [1.165, 1.54) is 4.90 Å². The van der Waals surface area contributed by atoms with Gasteiger partial charge < -0.3 is 25.4 Å². The van der Waals surface area contributed by atoms with E-state index in [0.29, 0.717) is 24.2 Å². The molecule has 4 rings (SSSR count). The molecule has 156 valence electrons. The highest BCUT2D eigenvalue weighted by Gasteiger charge is 2.45. The van der Waals surface area contributed by atoms with Crippen molar-refractivity contribution in [3.05, 3.63) is 40.6 Å². The van der Waals surface area contributed by atoms with Crippen LogP contribution in [0.25, 0.3) is 11.1 Å². The monoisotopic (exact) mass is 429 g/mol. The lowest BCUT2D eigenvalue weighted by Gasteiger charge is -2.24. The van der Waals surface area contributed by atoms with Crippen LogP contribution >= 0.6 is 11.3 Å². The molecule has 0 spiro atoms. The van der Waals surface area contributed by atoms with Crippen molar-refractivity contribution in [1.82, 2.24) is 10.2 Å². The summed E-state index contributed by atoms with van der Waals surface area (Å²) in [5.41, 5.74) is 2.73. The Morgan fingerprint density at radius 2 is 2.07 bits per heavy atom. The Bertz CT molecular complexity index is 1010. The van der Waals surface area contributed by atoms with Gasteiger partial charge in [-0.2, -0.15) is 11.3 Å². The first-order chi connectivity index (χ1) is 14.4. The lowest BCUT2D eigenvalue weighted by Crippen LogP contribution is -2.52. The van der Waals surface area contributed by atoms with Gasteiger partial charge in [0.05, 0.1) is 17.3 Å². The summed E-state index contributed by atoms with van der Waals surface area (Å²) in [4.78, 5) is 50.1. The van der Waals surface area contributed by atoms with Crippen LogP contribution in [0.2, 0.25) is 0 Å². The average molecular weight is 429 g/mol. The van der Waals surface area contributed by atoms with E-state index < -0.39 is 37.2 Å². The van der Waals surface area contributed by atoms with E-state index in [4.69, 9.17) is 9.84 Å². The number of nitrogens with zero attached hydrogens (tertiary/aromatic N) is 1. The highest BCUT2D eigenvalue weighted by molar-refractivity contribution is 7.08. The summed E-state index contributed by atoms with van der Waals surface area (Å²) < 4.78 is 4.78. The third-order valence-corrected chi connectivity index (χ3v) is 5.78. The summed E-state index contributed by atoms with van der Waals surface area (Å²) >= 11 is 1.56. The number of carbonyl (C=O) groups is 4. The van der Waals surface area contributed by atoms with E-state index in [0.717, 1.165) is 11.1 Å². The number of ether oxygens (including phenoxy) is 1. The zero-order valence-electron chi connectivity index (χ0n) is 15.8. The number of carbonyl (C=O) groups excluding carboxylic acids is 3. The van der Waals surface area contributed by atoms with Gasteiger partial charge in [0.2, 0.25) is 11.8 Å². The molecular weight excluding hydrogens is 410 g/mol. The molecule has 3 heterocycles. The molecule has 0 bridgehead atoms. The van der Waals surface area contributed by atoms with Gasteiger partial charge in [-0.1, -0.05) is 6.07 Å². The molecule has 0 radical (unpaired) electrons. The number of carboxylic acid groups (broad SMARTS) is 1. The highest BCUT2D eigenvalue weighted by Crippen LogP contribution is 2.32. The zero-order chi connectivity index (χ0) is 21.3. The van der Waals surface area contributed by atoms with Crippen molar-refractivity contribution < 1.29 is 29.0 Å². The van der Waals surface area contributed by atoms with Gasteiger partial charge in [-0.05, 0) is 46.5 Å². The van der Waals surface area contributed by atoms with Crippen LogP contribution in [0.5, 0.6) is 0 Å². The zero-order valence-corrected chi connectivity index (χ0v) is 16.6. The van der Waals surface area contributed by atoms with Crippen molar-refractivity contribution in [2.24, 2.45) is 0 Å². The maximum atomic E-state index is 13.2. The Hall–Kier alpha value is -3.24. The molecule has 2 atom stereocenters. The summed E-state index contributed by atoms with van der Waals surface area (Å²) in [6.07, 6.45) is 0.411. The van der Waals surface area contributed by atoms with E-state index in [1.54, 1.807) is 23.5 Å². The first-order valence-corrected chi connectivity index (χ1v) is 10.3. The quantitative estimate of drug-likeness (QED) is 0.633. The Morgan fingerprint density at radius 1 is 1.23 bits per heavy atom. The number of hydrogen-bond acceptors (Lipinski definition) is 6. The van der Waals surface area contributed by atoms with Crippen molar-refractivity contribution in [2.75, 3.05) is 25.1 Å². The molecule has 0 unspecified atom stereocenters. The smallest absolute Gasteiger partial charge is 0.329 e. The van der Waals surface area contributed by atoms with E-state index in [9.17, 15) is 19.2 Å². The van der Waals surface area contributed by atoms with Crippen LogP contribution in [0, 0.1) is 0 Å². The van der Waals surface area contributed by atoms with E-state index in [1.807, 2.05) is 22.9 Å². The molecule has 2 aliphatic heterocycles. The number of carboxylic acids is 1. The van der Waals surface area contributed by atoms with Gasteiger partial charge in [-0.15, -0.1) is 0 Å². The van der Waals surface area contributed by atoms with E-state index in [2.05, 4.69) is 10.6 Å². The largest absolute Gasteiger partial charge is 0.480 e. The molecule has 3 amide bonds. The topological polar surface area (TPSA) is 125 Å². The molecular formula is C20H19N3O6S. The van der Waals surface area contributed by atoms with Crippen LogP contribution in [-0.2, 0) is 19.1 Å². The number of thiophene rings is 1. The van der Waals surface area contributed by atoms with Crippen molar-refractivity contribution in [3.63, 3.8) is 0 Å². The van der Waals surface area contributed by atoms with Gasteiger partial charge in [-0.3, -0.25) is 14.4 Å². The summed E-state index contributed by atoms with van der Waals surface area (Å²) in [5.74, 6) is -2.36. The standard InChI is InChI=1S/C20H19N3O6S/c24-16(8-29-9-17(25)26)21-15-3-5-23-18(15)19(27)22-14-2-1-11(7-13(14)20(23)28)12-4-6-30-10-12/h1-2,4,6-7,10,15,18H,3,5,8-9H2,(H,21,24)(H,22,27)(H,25,26)/t15-,18-/m0/s1. The van der Waals surface area contributed by atoms with Gasteiger partial charge in [0.25, 0.3) is 5.91 Å². The molecule has 0 saturated carbocycles. The molecule has 2 aliphatic rings. The second-order valence-corrected chi connectivity index (χ2v) is 7.83. The van der Waals surface area contributed by atoms with Crippen LogP contribution in [0.3, 0.4) is 0 Å². The first-order valence-electron chi connectivity index (χ1n) is 9.31. The molecule has 1 aromatic carbocycles. The maximum Gasteiger partial charge on any atom is 0.329 e. The third kappa shape index (κ3) is 3.91. The summed E-state index contributed by atoms with van der Waals surface area (Å²) in [7, 11) is 0. The minimum Gasteiger partial charge on any atom is -0.480 e. The molecule has 9 nitrogen and oxygen atoms in total. The highest BCUT2D eigenvalue weighted by atomic mass is 32.1. The summed E-state index contributed by atoms with van der Waals surface area (Å²) in [6.45, 7) is -0.705. The number of anilines is 1. The average Bonchev–Trinajstić information content (AvgIpc) is 3.35. The van der Waals surface area contributed by atoms with Crippen LogP contribution in [0.4, 0.5) is 5.69 Å². The fraction of sp³-hybridized carbons (Fsp3) is 0.300. The lowest BCUT2D eigenvalue weighted by atomic mass is 10.0. The fourth-order valence-corrected chi connectivity index (χ4v) is 4.44. The second kappa shape index (κ2) is 8.25. The maximum absolute atomic E-state index is 13.2. The SMILES string of the molecule is O=C(O)COCC(=O)N[C@H]1CCN2C(=O)c3cc(-c4ccsc4)ccc3NC(=O)[C@H]12. The summed E-state index contributed by atoms with van der Waals surface area (Å²) in [5, 5.41) is 18.0. The van der Waals surface area contributed by atoms with Crippen molar-refractivity contribution in [3.8, 4) is 11.1 Å². The number of aliphatic carboxylic acids is 1.